The van der Waals surface area contributed by atoms with Crippen LogP contribution in [-0.2, 0) is 26.3 Å². The maximum Gasteiger partial charge on any atom is 0.329 e. The van der Waals surface area contributed by atoms with E-state index < -0.39 is 29.5 Å². The molecule has 0 saturated carbocycles. The number of urea groups is 1. The summed E-state index contributed by atoms with van der Waals surface area (Å²) in [7, 11) is 0. The lowest BCUT2D eigenvalue weighted by Gasteiger charge is -2.28. The predicted molar refractivity (Wildman–Crippen MR) is 97.6 cm³/mol. The second-order valence-electron chi connectivity index (χ2n) is 7.04. The molecule has 6 nitrogen and oxygen atoms in total. The number of hydrogen-bond donors (Lipinski definition) is 1. The zero-order valence-corrected chi connectivity index (χ0v) is 14.9. The van der Waals surface area contributed by atoms with Crippen molar-refractivity contribution >= 4 is 17.9 Å². The predicted octanol–water partition coefficient (Wildman–Crippen LogP) is 2.38. The average molecular weight is 364 g/mol. The number of carbonyl (C=O) groups is 3. The van der Waals surface area contributed by atoms with Gasteiger partial charge in [0.2, 0.25) is 0 Å². The second-order valence-corrected chi connectivity index (χ2v) is 7.04. The van der Waals surface area contributed by atoms with Crippen LogP contribution in [0.15, 0.2) is 60.7 Å². The van der Waals surface area contributed by atoms with Crippen LogP contribution in [0, 0.1) is 0 Å². The van der Waals surface area contributed by atoms with Crippen molar-refractivity contribution in [3.05, 3.63) is 71.8 Å². The summed E-state index contributed by atoms with van der Waals surface area (Å²) in [6.45, 7) is 1.75. The van der Waals surface area contributed by atoms with E-state index in [2.05, 4.69) is 5.32 Å². The largest absolute Gasteiger partial charge is 0.461 e. The summed E-state index contributed by atoms with van der Waals surface area (Å²) in [6, 6.07) is 17.2. The Kier molecular flexibility index (Phi) is 4.18. The Hall–Kier alpha value is -3.15. The highest BCUT2D eigenvalue weighted by Crippen LogP contribution is 2.36. The van der Waals surface area contributed by atoms with Crippen LogP contribution in [0.4, 0.5) is 4.79 Å². The molecule has 2 aromatic rings. The van der Waals surface area contributed by atoms with E-state index in [1.807, 2.05) is 60.7 Å². The summed E-state index contributed by atoms with van der Waals surface area (Å²) < 4.78 is 5.16. The van der Waals surface area contributed by atoms with Gasteiger partial charge in [0.25, 0.3) is 5.91 Å². The van der Waals surface area contributed by atoms with Gasteiger partial charge in [0.1, 0.15) is 12.1 Å². The second kappa shape index (κ2) is 6.54. The molecule has 2 aliphatic heterocycles. The minimum absolute atomic E-state index is 0.302. The van der Waals surface area contributed by atoms with Crippen LogP contribution in [0.2, 0.25) is 0 Å². The Labute approximate surface area is 157 Å². The molecule has 2 aromatic carbocycles. The molecule has 3 atom stereocenters. The molecule has 2 saturated heterocycles. The third kappa shape index (κ3) is 2.87. The Morgan fingerprint density at radius 1 is 1.04 bits per heavy atom. The molecule has 2 aliphatic rings. The number of nitrogens with one attached hydrogen (secondary N) is 1. The monoisotopic (exact) mass is 364 g/mol. The van der Waals surface area contributed by atoms with Crippen LogP contribution in [0.3, 0.4) is 0 Å². The average Bonchev–Trinajstić information content (AvgIpc) is 3.12. The van der Waals surface area contributed by atoms with Gasteiger partial charge in [-0.1, -0.05) is 60.7 Å². The molecule has 138 valence electrons. The molecule has 1 N–H and O–H groups in total. The normalized spacial score (nSPS) is 27.6. The van der Waals surface area contributed by atoms with Gasteiger partial charge in [0, 0.05) is 12.8 Å². The zero-order chi connectivity index (χ0) is 19.0. The summed E-state index contributed by atoms with van der Waals surface area (Å²) in [5.74, 6) is -0.951. The van der Waals surface area contributed by atoms with E-state index >= 15 is 0 Å². The number of amides is 3. The van der Waals surface area contributed by atoms with E-state index in [4.69, 9.17) is 4.74 Å². The fourth-order valence-corrected chi connectivity index (χ4v) is 3.87. The lowest BCUT2D eigenvalue weighted by atomic mass is 9.83. The van der Waals surface area contributed by atoms with Crippen molar-refractivity contribution in [2.75, 3.05) is 0 Å². The van der Waals surface area contributed by atoms with E-state index in [0.29, 0.717) is 18.4 Å². The molecule has 4 rings (SSSR count). The highest BCUT2D eigenvalue weighted by Gasteiger charge is 2.57. The topological polar surface area (TPSA) is 75.7 Å². The molecule has 3 amide bonds. The number of ether oxygens (including phenoxy) is 1. The van der Waals surface area contributed by atoms with E-state index in [0.717, 1.165) is 10.5 Å². The number of rotatable bonds is 4. The highest BCUT2D eigenvalue weighted by atomic mass is 16.6. The van der Waals surface area contributed by atoms with Crippen molar-refractivity contribution in [2.24, 2.45) is 0 Å². The lowest BCUT2D eigenvalue weighted by Crippen LogP contribution is -2.48. The van der Waals surface area contributed by atoms with Crippen molar-refractivity contribution < 1.29 is 19.1 Å². The number of carbonyl (C=O) groups excluding carboxylic acids is 3. The lowest BCUT2D eigenvalue weighted by molar-refractivity contribution is -0.147. The van der Waals surface area contributed by atoms with Crippen LogP contribution in [-0.4, -0.2) is 35.0 Å². The number of nitrogens with zero attached hydrogens (tertiary/aromatic N) is 1. The summed E-state index contributed by atoms with van der Waals surface area (Å²) in [5, 5.41) is 2.87. The summed E-state index contributed by atoms with van der Waals surface area (Å²) in [6.07, 6.45) is 0.300. The zero-order valence-electron chi connectivity index (χ0n) is 14.9. The van der Waals surface area contributed by atoms with E-state index in [1.165, 1.54) is 0 Å². The Morgan fingerprint density at radius 3 is 2.26 bits per heavy atom. The first-order valence-corrected chi connectivity index (χ1v) is 8.97. The maximum atomic E-state index is 13.5. The number of benzene rings is 2. The Bertz CT molecular complexity index is 884. The number of hydrogen-bond acceptors (Lipinski definition) is 4. The van der Waals surface area contributed by atoms with Crippen LogP contribution in [0.1, 0.15) is 24.5 Å². The molecule has 0 radical (unpaired) electrons. The highest BCUT2D eigenvalue weighted by molar-refractivity contribution is 6.10. The number of cyclic esters (lactones) is 1. The quantitative estimate of drug-likeness (QED) is 0.668. The number of esters is 1. The van der Waals surface area contributed by atoms with Gasteiger partial charge in [0.05, 0.1) is 0 Å². The van der Waals surface area contributed by atoms with Crippen molar-refractivity contribution in [2.45, 2.75) is 37.5 Å². The fraction of sp³-hybridized carbons (Fsp3) is 0.286. The third-order valence-corrected chi connectivity index (χ3v) is 5.16. The molecule has 0 aliphatic carbocycles. The molecular formula is C21H20N2O4. The molecule has 6 heteroatoms. The molecule has 0 bridgehead atoms. The van der Waals surface area contributed by atoms with Gasteiger partial charge in [0.15, 0.2) is 5.54 Å². The standard InChI is InChI=1S/C21H20N2O4/c1-14-12-17(18(24)27-14)23-19(25)21(22-20(23)26,16-10-6-3-7-11-16)13-15-8-4-2-5-9-15/h2-11,14,17H,12-13H2,1H3,(H,22,26). The Morgan fingerprint density at radius 2 is 1.67 bits per heavy atom. The molecular weight excluding hydrogens is 344 g/mol. The van der Waals surface area contributed by atoms with Gasteiger partial charge in [-0.15, -0.1) is 0 Å². The van der Waals surface area contributed by atoms with Gasteiger partial charge >= 0.3 is 12.0 Å². The first-order chi connectivity index (χ1) is 13.0. The van der Waals surface area contributed by atoms with Gasteiger partial charge in [-0.2, -0.15) is 0 Å². The number of imide groups is 1. The van der Waals surface area contributed by atoms with Crippen LogP contribution in [0.25, 0.3) is 0 Å². The smallest absolute Gasteiger partial charge is 0.329 e. The van der Waals surface area contributed by atoms with Gasteiger partial charge in [-0.3, -0.25) is 4.79 Å². The van der Waals surface area contributed by atoms with Crippen molar-refractivity contribution in [3.63, 3.8) is 0 Å². The van der Waals surface area contributed by atoms with E-state index in [-0.39, 0.29) is 6.10 Å². The molecule has 0 spiro atoms. The molecule has 3 unspecified atom stereocenters. The van der Waals surface area contributed by atoms with Crippen molar-refractivity contribution in [1.29, 1.82) is 0 Å². The van der Waals surface area contributed by atoms with Gasteiger partial charge < -0.3 is 10.1 Å². The van der Waals surface area contributed by atoms with E-state index in [1.54, 1.807) is 6.92 Å². The van der Waals surface area contributed by atoms with Gasteiger partial charge in [-0.05, 0) is 18.1 Å². The molecule has 0 aromatic heterocycles. The first-order valence-electron chi connectivity index (χ1n) is 8.97. The summed E-state index contributed by atoms with van der Waals surface area (Å²) in [4.78, 5) is 39.5. The van der Waals surface area contributed by atoms with Crippen LogP contribution in [0.5, 0.6) is 0 Å². The van der Waals surface area contributed by atoms with Crippen LogP contribution < -0.4 is 5.32 Å². The maximum absolute atomic E-state index is 13.5. The molecule has 27 heavy (non-hydrogen) atoms. The SMILES string of the molecule is CC1CC(N2C(=O)NC(Cc3ccccc3)(c3ccccc3)C2=O)C(=O)O1. The Balaban J connectivity index is 1.76. The van der Waals surface area contributed by atoms with Crippen LogP contribution >= 0.6 is 0 Å². The minimum Gasteiger partial charge on any atom is -0.461 e. The van der Waals surface area contributed by atoms with Gasteiger partial charge in [-0.25, -0.2) is 14.5 Å². The minimum atomic E-state index is -1.24. The van der Waals surface area contributed by atoms with Crippen molar-refractivity contribution in [1.82, 2.24) is 10.2 Å². The van der Waals surface area contributed by atoms with Crippen molar-refractivity contribution in [3.8, 4) is 0 Å². The summed E-state index contributed by atoms with van der Waals surface area (Å²) in [5.41, 5.74) is 0.361. The summed E-state index contributed by atoms with van der Waals surface area (Å²) >= 11 is 0. The first kappa shape index (κ1) is 17.3. The van der Waals surface area contributed by atoms with E-state index in [9.17, 15) is 14.4 Å². The molecule has 2 heterocycles. The fourth-order valence-electron chi connectivity index (χ4n) is 3.87. The molecule has 2 fully saturated rings. The third-order valence-electron chi connectivity index (χ3n) is 5.16.